The number of methoxy groups -OCH3 is 1. The smallest absolute Gasteiger partial charge is 0.0647 e. The van der Waals surface area contributed by atoms with Crippen molar-refractivity contribution in [3.63, 3.8) is 0 Å². The number of rotatable bonds is 2. The molecular weight excluding hydrogens is 366 g/mol. The minimum absolute atomic E-state index is 0. The molecule has 15 heavy (non-hydrogen) atoms. The summed E-state index contributed by atoms with van der Waals surface area (Å²) in [5.41, 5.74) is 1.90. The van der Waals surface area contributed by atoms with Crippen molar-refractivity contribution in [2.45, 2.75) is 0 Å². The van der Waals surface area contributed by atoms with Crippen LogP contribution in [0.2, 0.25) is 0 Å². The van der Waals surface area contributed by atoms with E-state index in [-0.39, 0.29) is 20.1 Å². The van der Waals surface area contributed by atoms with E-state index in [0.717, 1.165) is 17.0 Å². The Hall–Kier alpha value is -1.18. The molecule has 0 amide bonds. The van der Waals surface area contributed by atoms with Gasteiger partial charge in [-0.25, -0.2) is 0 Å². The molecule has 0 spiro atoms. The Bertz CT molecular complexity index is 400. The molecule has 0 aliphatic rings. The summed E-state index contributed by atoms with van der Waals surface area (Å²) in [5, 5.41) is 0. The molecule has 0 N–H and O–H groups in total. The maximum absolute atomic E-state index is 5.05. The molecule has 1 aromatic carbocycles. The minimum Gasteiger partial charge on any atom is -0.540 e. The molecule has 2 rings (SSSR count). The first-order chi connectivity index (χ1) is 6.90. The van der Waals surface area contributed by atoms with Crippen LogP contribution in [-0.4, -0.2) is 12.1 Å². The van der Waals surface area contributed by atoms with Crippen LogP contribution < -0.4 is 4.74 Å². The number of ether oxygens (including phenoxy) is 1. The van der Waals surface area contributed by atoms with Crippen molar-refractivity contribution < 1.29 is 24.8 Å². The second-order valence-electron chi connectivity index (χ2n) is 2.86. The maximum Gasteiger partial charge on any atom is 0.0647 e. The molecule has 79 valence electrons. The number of aromatic nitrogens is 1. The normalized spacial score (nSPS) is 9.13. The van der Waals surface area contributed by atoms with Crippen LogP contribution in [0.1, 0.15) is 0 Å². The van der Waals surface area contributed by atoms with Gasteiger partial charge in [-0.1, -0.05) is 12.1 Å². The van der Waals surface area contributed by atoms with Crippen LogP contribution >= 0.6 is 0 Å². The second kappa shape index (κ2) is 5.64. The zero-order valence-electron chi connectivity index (χ0n) is 8.23. The quantitative estimate of drug-likeness (QED) is 0.752. The van der Waals surface area contributed by atoms with Gasteiger partial charge in [0, 0.05) is 32.1 Å². The molecule has 0 aliphatic carbocycles. The fourth-order valence-electron chi connectivity index (χ4n) is 1.22. The van der Waals surface area contributed by atoms with E-state index in [1.165, 1.54) is 0 Å². The van der Waals surface area contributed by atoms with E-state index in [0.29, 0.717) is 0 Å². The monoisotopic (exact) mass is 377 g/mol. The Morgan fingerprint density at radius 1 is 1.20 bits per heavy atom. The van der Waals surface area contributed by atoms with Crippen LogP contribution in [0.15, 0.2) is 42.6 Å². The van der Waals surface area contributed by atoms with Crippen molar-refractivity contribution in [3.8, 4) is 17.0 Å². The van der Waals surface area contributed by atoms with Gasteiger partial charge in [0.1, 0.15) is 0 Å². The minimum atomic E-state index is 0. The molecule has 1 radical (unpaired) electrons. The average Bonchev–Trinajstić information content (AvgIpc) is 2.30. The fourth-order valence-corrected chi connectivity index (χ4v) is 1.22. The molecule has 0 saturated carbocycles. The van der Waals surface area contributed by atoms with Crippen molar-refractivity contribution in [1.82, 2.24) is 4.98 Å². The van der Waals surface area contributed by atoms with Crippen LogP contribution in [-0.2, 0) is 20.1 Å². The molecule has 0 saturated heterocycles. The second-order valence-corrected chi connectivity index (χ2v) is 2.86. The molecule has 0 fully saturated rings. The third-order valence-electron chi connectivity index (χ3n) is 1.96. The van der Waals surface area contributed by atoms with Crippen LogP contribution in [0, 0.1) is 6.07 Å². The van der Waals surface area contributed by atoms with Crippen LogP contribution in [0.3, 0.4) is 0 Å². The zero-order chi connectivity index (χ0) is 9.80. The third kappa shape index (κ3) is 2.88. The Balaban J connectivity index is 0.00000112. The molecule has 0 atom stereocenters. The predicted molar refractivity (Wildman–Crippen MR) is 55.1 cm³/mol. The van der Waals surface area contributed by atoms with Gasteiger partial charge in [-0.3, -0.25) is 0 Å². The van der Waals surface area contributed by atoms with Gasteiger partial charge < -0.3 is 9.72 Å². The SMILES string of the molecule is COc1c[c-]c(-c2ccccn2)cc1.[Ir]. The Morgan fingerprint density at radius 3 is 2.60 bits per heavy atom. The largest absolute Gasteiger partial charge is 0.540 e. The van der Waals surface area contributed by atoms with Gasteiger partial charge in [-0.05, 0) is 11.8 Å². The Kier molecular flexibility index (Phi) is 4.47. The molecule has 1 aromatic heterocycles. The zero-order valence-corrected chi connectivity index (χ0v) is 10.6. The van der Waals surface area contributed by atoms with Gasteiger partial charge in [-0.2, -0.15) is 0 Å². The van der Waals surface area contributed by atoms with Crippen LogP contribution in [0.25, 0.3) is 11.3 Å². The van der Waals surface area contributed by atoms with E-state index < -0.39 is 0 Å². The number of benzene rings is 1. The summed E-state index contributed by atoms with van der Waals surface area (Å²) < 4.78 is 5.05. The molecule has 0 aliphatic heterocycles. The fraction of sp³-hybridized carbons (Fsp3) is 0.0833. The van der Waals surface area contributed by atoms with E-state index in [9.17, 15) is 0 Å². The van der Waals surface area contributed by atoms with E-state index in [4.69, 9.17) is 4.74 Å². The van der Waals surface area contributed by atoms with Gasteiger partial charge in [0.25, 0.3) is 0 Å². The summed E-state index contributed by atoms with van der Waals surface area (Å²) in [4.78, 5) is 4.23. The van der Waals surface area contributed by atoms with Gasteiger partial charge in [0.05, 0.1) is 7.11 Å². The summed E-state index contributed by atoms with van der Waals surface area (Å²) in [6.07, 6.45) is 1.77. The maximum atomic E-state index is 5.05. The number of hydrogen-bond acceptors (Lipinski definition) is 2. The first kappa shape index (κ1) is 11.9. The third-order valence-corrected chi connectivity index (χ3v) is 1.96. The summed E-state index contributed by atoms with van der Waals surface area (Å²) in [5.74, 6) is 0.810. The number of pyridine rings is 1. The molecule has 2 nitrogen and oxygen atoms in total. The topological polar surface area (TPSA) is 22.1 Å². The average molecular weight is 376 g/mol. The van der Waals surface area contributed by atoms with Crippen molar-refractivity contribution in [3.05, 3.63) is 48.7 Å². The van der Waals surface area contributed by atoms with Gasteiger partial charge in [0.2, 0.25) is 0 Å². The Morgan fingerprint density at radius 2 is 2.07 bits per heavy atom. The van der Waals surface area contributed by atoms with Crippen molar-refractivity contribution in [2.75, 3.05) is 7.11 Å². The summed E-state index contributed by atoms with van der Waals surface area (Å²) in [7, 11) is 1.64. The van der Waals surface area contributed by atoms with Crippen LogP contribution in [0.5, 0.6) is 5.75 Å². The summed E-state index contributed by atoms with van der Waals surface area (Å²) >= 11 is 0. The molecule has 2 aromatic rings. The van der Waals surface area contributed by atoms with E-state index in [1.807, 2.05) is 36.4 Å². The first-order valence-corrected chi connectivity index (χ1v) is 4.37. The van der Waals surface area contributed by atoms with Gasteiger partial charge in [-0.15, -0.1) is 29.8 Å². The van der Waals surface area contributed by atoms with Crippen molar-refractivity contribution in [2.24, 2.45) is 0 Å². The Labute approximate surface area is 103 Å². The van der Waals surface area contributed by atoms with E-state index in [2.05, 4.69) is 11.1 Å². The van der Waals surface area contributed by atoms with Crippen molar-refractivity contribution in [1.29, 1.82) is 0 Å². The molecule has 0 bridgehead atoms. The van der Waals surface area contributed by atoms with Crippen molar-refractivity contribution >= 4 is 0 Å². The number of nitrogens with zero attached hydrogens (tertiary/aromatic N) is 1. The standard InChI is InChI=1S/C12H10NO.Ir/c1-14-11-7-5-10(6-8-11)12-4-2-3-9-13-12;/h2-5,7-9H,1H3;/q-1;. The number of hydrogen-bond donors (Lipinski definition) is 0. The van der Waals surface area contributed by atoms with Gasteiger partial charge >= 0.3 is 0 Å². The molecule has 1 heterocycles. The van der Waals surface area contributed by atoms with E-state index >= 15 is 0 Å². The van der Waals surface area contributed by atoms with Crippen LogP contribution in [0.4, 0.5) is 0 Å². The molecule has 3 heteroatoms. The van der Waals surface area contributed by atoms with Gasteiger partial charge in [0.15, 0.2) is 0 Å². The summed E-state index contributed by atoms with van der Waals surface area (Å²) in [6, 6.07) is 14.6. The molecular formula is C12H10IrNO-. The summed E-state index contributed by atoms with van der Waals surface area (Å²) in [6.45, 7) is 0. The predicted octanol–water partition coefficient (Wildman–Crippen LogP) is 2.55. The van der Waals surface area contributed by atoms with E-state index in [1.54, 1.807) is 13.3 Å². The first-order valence-electron chi connectivity index (χ1n) is 4.37. The molecule has 0 unspecified atom stereocenters.